The first-order chi connectivity index (χ1) is 9.22. The van der Waals surface area contributed by atoms with E-state index in [9.17, 15) is 4.79 Å². The summed E-state index contributed by atoms with van der Waals surface area (Å²) in [5, 5.41) is 1.05. The number of fused-ring (bicyclic) bond motifs is 1. The highest BCUT2D eigenvalue weighted by Crippen LogP contribution is 2.24. The Kier molecular flexibility index (Phi) is 2.92. The van der Waals surface area contributed by atoms with Gasteiger partial charge in [0, 0.05) is 23.0 Å². The van der Waals surface area contributed by atoms with Crippen LogP contribution in [0.1, 0.15) is 0 Å². The molecule has 0 fully saturated rings. The lowest BCUT2D eigenvalue weighted by atomic mass is 10.2. The Morgan fingerprint density at radius 2 is 1.95 bits per heavy atom. The summed E-state index contributed by atoms with van der Waals surface area (Å²) in [6, 6.07) is 8.82. The normalized spacial score (nSPS) is 10.7. The number of hydrogen-bond donors (Lipinski definition) is 2. The van der Waals surface area contributed by atoms with Gasteiger partial charge in [-0.25, -0.2) is 4.98 Å². The van der Waals surface area contributed by atoms with Crippen molar-refractivity contribution < 1.29 is 0 Å². The van der Waals surface area contributed by atoms with Crippen LogP contribution in [0.5, 0.6) is 0 Å². The summed E-state index contributed by atoms with van der Waals surface area (Å²) in [6.07, 6.45) is 3.39. The summed E-state index contributed by atoms with van der Waals surface area (Å²) in [6.45, 7) is 0. The van der Waals surface area contributed by atoms with E-state index in [1.54, 1.807) is 30.6 Å². The lowest BCUT2D eigenvalue weighted by Gasteiger charge is -2.03. The predicted molar refractivity (Wildman–Crippen MR) is 75.1 cm³/mol. The molecule has 2 aromatic heterocycles. The summed E-state index contributed by atoms with van der Waals surface area (Å²) in [4.78, 5) is 24.0. The number of H-pyrrole nitrogens is 1. The Morgan fingerprint density at radius 3 is 2.74 bits per heavy atom. The van der Waals surface area contributed by atoms with E-state index in [1.165, 1.54) is 11.8 Å². The van der Waals surface area contributed by atoms with Gasteiger partial charge in [0.2, 0.25) is 0 Å². The van der Waals surface area contributed by atoms with E-state index in [-0.39, 0.29) is 5.56 Å². The Bertz CT molecular complexity index is 786. The molecule has 0 saturated carbocycles. The first-order valence-corrected chi connectivity index (χ1v) is 6.41. The standard InChI is InChI=1S/C13H10N4OS/c14-8-1-2-11-10(7-8)12(18)17-13(16-11)19-9-3-5-15-6-4-9/h1-7H,14H2,(H,16,17,18). The second-order valence-electron chi connectivity index (χ2n) is 3.93. The molecule has 5 nitrogen and oxygen atoms in total. The minimum Gasteiger partial charge on any atom is -0.399 e. The van der Waals surface area contributed by atoms with Crippen LogP contribution < -0.4 is 11.3 Å². The molecule has 0 atom stereocenters. The Hall–Kier alpha value is -2.34. The van der Waals surface area contributed by atoms with E-state index in [1.807, 2.05) is 12.1 Å². The molecule has 3 aromatic rings. The number of aromatic amines is 1. The number of benzene rings is 1. The summed E-state index contributed by atoms with van der Waals surface area (Å²) < 4.78 is 0. The van der Waals surface area contributed by atoms with Crippen LogP contribution in [-0.2, 0) is 0 Å². The second kappa shape index (κ2) is 4.74. The maximum absolute atomic E-state index is 12.0. The highest BCUT2D eigenvalue weighted by Gasteiger charge is 2.05. The molecule has 3 rings (SSSR count). The van der Waals surface area contributed by atoms with Crippen molar-refractivity contribution in [2.45, 2.75) is 10.1 Å². The zero-order valence-electron chi connectivity index (χ0n) is 9.83. The topological polar surface area (TPSA) is 84.7 Å². The predicted octanol–water partition coefficient (Wildman–Crippen LogP) is 2.05. The smallest absolute Gasteiger partial charge is 0.259 e. The Morgan fingerprint density at radius 1 is 1.16 bits per heavy atom. The molecular formula is C13H10N4OS. The lowest BCUT2D eigenvalue weighted by Crippen LogP contribution is -2.09. The number of nitrogens with zero attached hydrogens (tertiary/aromatic N) is 2. The van der Waals surface area contributed by atoms with Gasteiger partial charge >= 0.3 is 0 Å². The molecule has 0 amide bonds. The van der Waals surface area contributed by atoms with E-state index in [4.69, 9.17) is 5.73 Å². The third-order valence-electron chi connectivity index (χ3n) is 2.57. The van der Waals surface area contributed by atoms with Gasteiger partial charge in [0.25, 0.3) is 5.56 Å². The fourth-order valence-corrected chi connectivity index (χ4v) is 2.47. The molecule has 0 aliphatic carbocycles. The van der Waals surface area contributed by atoms with Crippen LogP contribution in [0.15, 0.2) is 57.6 Å². The number of anilines is 1. The van der Waals surface area contributed by atoms with Crippen molar-refractivity contribution in [3.63, 3.8) is 0 Å². The van der Waals surface area contributed by atoms with Crippen molar-refractivity contribution in [2.75, 3.05) is 5.73 Å². The van der Waals surface area contributed by atoms with E-state index in [0.717, 1.165) is 4.90 Å². The number of hydrogen-bond acceptors (Lipinski definition) is 5. The maximum atomic E-state index is 12.0. The average molecular weight is 270 g/mol. The zero-order chi connectivity index (χ0) is 13.2. The van der Waals surface area contributed by atoms with Crippen molar-refractivity contribution in [3.05, 3.63) is 53.1 Å². The molecule has 6 heteroatoms. The van der Waals surface area contributed by atoms with Gasteiger partial charge in [-0.3, -0.25) is 9.78 Å². The molecular weight excluding hydrogens is 260 g/mol. The molecule has 0 bridgehead atoms. The van der Waals surface area contributed by atoms with Crippen LogP contribution in [0.2, 0.25) is 0 Å². The van der Waals surface area contributed by atoms with E-state index >= 15 is 0 Å². The van der Waals surface area contributed by atoms with Crippen LogP contribution in [0, 0.1) is 0 Å². The average Bonchev–Trinajstić information content (AvgIpc) is 2.41. The van der Waals surface area contributed by atoms with Gasteiger partial charge in [0.15, 0.2) is 5.16 Å². The molecule has 2 heterocycles. The van der Waals surface area contributed by atoms with Gasteiger partial charge in [-0.1, -0.05) is 11.8 Å². The van der Waals surface area contributed by atoms with Crippen LogP contribution in [0.25, 0.3) is 10.9 Å². The van der Waals surface area contributed by atoms with E-state index in [2.05, 4.69) is 15.0 Å². The van der Waals surface area contributed by atoms with Gasteiger partial charge in [0.1, 0.15) is 0 Å². The number of pyridine rings is 1. The molecule has 0 aliphatic heterocycles. The Labute approximate surface area is 112 Å². The highest BCUT2D eigenvalue weighted by atomic mass is 32.2. The molecule has 0 aliphatic rings. The fourth-order valence-electron chi connectivity index (χ4n) is 1.70. The molecule has 0 radical (unpaired) electrons. The molecule has 0 unspecified atom stereocenters. The first kappa shape index (κ1) is 11.7. The van der Waals surface area contributed by atoms with Gasteiger partial charge in [-0.2, -0.15) is 0 Å². The van der Waals surface area contributed by atoms with Crippen molar-refractivity contribution in [3.8, 4) is 0 Å². The summed E-state index contributed by atoms with van der Waals surface area (Å²) >= 11 is 1.38. The van der Waals surface area contributed by atoms with Gasteiger partial charge in [0.05, 0.1) is 10.9 Å². The number of nitrogen functional groups attached to an aromatic ring is 1. The van der Waals surface area contributed by atoms with Gasteiger partial charge in [-0.05, 0) is 30.3 Å². The van der Waals surface area contributed by atoms with Gasteiger partial charge < -0.3 is 10.7 Å². The quantitative estimate of drug-likeness (QED) is 0.550. The van der Waals surface area contributed by atoms with Crippen LogP contribution >= 0.6 is 11.8 Å². The first-order valence-electron chi connectivity index (χ1n) is 5.60. The molecule has 19 heavy (non-hydrogen) atoms. The van der Waals surface area contributed by atoms with Crippen LogP contribution in [0.3, 0.4) is 0 Å². The van der Waals surface area contributed by atoms with Crippen LogP contribution in [0.4, 0.5) is 5.69 Å². The summed E-state index contributed by atoms with van der Waals surface area (Å²) in [7, 11) is 0. The summed E-state index contributed by atoms with van der Waals surface area (Å²) in [5.41, 5.74) is 6.66. The third kappa shape index (κ3) is 2.43. The lowest BCUT2D eigenvalue weighted by molar-refractivity contribution is 0.974. The molecule has 0 saturated heterocycles. The third-order valence-corrected chi connectivity index (χ3v) is 3.47. The minimum atomic E-state index is -0.186. The number of nitrogens with two attached hydrogens (primary N) is 1. The van der Waals surface area contributed by atoms with Crippen molar-refractivity contribution in [1.29, 1.82) is 0 Å². The number of aromatic nitrogens is 3. The highest BCUT2D eigenvalue weighted by molar-refractivity contribution is 7.99. The van der Waals surface area contributed by atoms with E-state index in [0.29, 0.717) is 21.7 Å². The maximum Gasteiger partial charge on any atom is 0.259 e. The molecule has 3 N–H and O–H groups in total. The molecule has 0 spiro atoms. The van der Waals surface area contributed by atoms with Crippen molar-refractivity contribution in [2.24, 2.45) is 0 Å². The molecule has 94 valence electrons. The monoisotopic (exact) mass is 270 g/mol. The fraction of sp³-hybridized carbons (Fsp3) is 0. The number of nitrogens with one attached hydrogen (secondary N) is 1. The zero-order valence-corrected chi connectivity index (χ0v) is 10.6. The van der Waals surface area contributed by atoms with Crippen LogP contribution in [-0.4, -0.2) is 15.0 Å². The van der Waals surface area contributed by atoms with E-state index < -0.39 is 0 Å². The minimum absolute atomic E-state index is 0.186. The largest absolute Gasteiger partial charge is 0.399 e. The summed E-state index contributed by atoms with van der Waals surface area (Å²) in [5.74, 6) is 0. The van der Waals surface area contributed by atoms with Crippen molar-refractivity contribution in [1.82, 2.24) is 15.0 Å². The number of rotatable bonds is 2. The SMILES string of the molecule is Nc1ccc2nc(Sc3ccncc3)[nH]c(=O)c2c1. The Balaban J connectivity index is 2.07. The van der Waals surface area contributed by atoms with Crippen molar-refractivity contribution >= 4 is 28.4 Å². The molecule has 1 aromatic carbocycles. The second-order valence-corrected chi connectivity index (χ2v) is 4.99. The van der Waals surface area contributed by atoms with Gasteiger partial charge in [-0.15, -0.1) is 0 Å².